The monoisotopic (exact) mass is 295 g/mol. The van der Waals surface area contributed by atoms with E-state index in [1.54, 1.807) is 17.7 Å². The van der Waals surface area contributed by atoms with Crippen molar-refractivity contribution >= 4 is 33.4 Å². The number of rotatable bonds is 4. The predicted molar refractivity (Wildman–Crippen MR) is 77.1 cm³/mol. The Bertz CT molecular complexity index is 654. The van der Waals surface area contributed by atoms with Crippen molar-refractivity contribution in [2.24, 2.45) is 7.05 Å². The second-order valence-electron chi connectivity index (χ2n) is 4.98. The Hall–Kier alpha value is -1.89. The summed E-state index contributed by atoms with van der Waals surface area (Å²) < 4.78 is 1.72. The molecule has 1 unspecified atom stereocenters. The molecule has 0 spiro atoms. The van der Waals surface area contributed by atoms with Crippen molar-refractivity contribution in [3.63, 3.8) is 0 Å². The molecule has 0 aliphatic rings. The Morgan fingerprint density at radius 2 is 2.20 bits per heavy atom. The second-order valence-corrected chi connectivity index (χ2v) is 6.01. The second kappa shape index (κ2) is 4.90. The first kappa shape index (κ1) is 14.5. The number of carbonyl (C=O) groups excluding carboxylic acids is 1. The van der Waals surface area contributed by atoms with E-state index in [4.69, 9.17) is 0 Å². The number of hydrogen-bond acceptors (Lipinski definition) is 4. The first-order valence-corrected chi connectivity index (χ1v) is 7.09. The summed E-state index contributed by atoms with van der Waals surface area (Å²) in [4.78, 5) is 24.8. The van der Waals surface area contributed by atoms with Crippen LogP contribution in [0.2, 0.25) is 0 Å². The molecule has 2 heterocycles. The fourth-order valence-electron chi connectivity index (χ4n) is 1.92. The topological polar surface area (TPSA) is 84.2 Å². The minimum absolute atomic E-state index is 0.319. The molecule has 2 aromatic heterocycles. The van der Waals surface area contributed by atoms with E-state index in [2.05, 4.69) is 10.4 Å². The Morgan fingerprint density at radius 1 is 1.55 bits per heavy atom. The van der Waals surface area contributed by atoms with Gasteiger partial charge in [0.25, 0.3) is 5.91 Å². The van der Waals surface area contributed by atoms with E-state index in [1.807, 2.05) is 14.0 Å². The molecule has 6 nitrogen and oxygen atoms in total. The van der Waals surface area contributed by atoms with Crippen LogP contribution in [-0.4, -0.2) is 32.3 Å². The highest BCUT2D eigenvalue weighted by molar-refractivity contribution is 7.20. The number of carboxylic acids is 1. The molecule has 2 rings (SSSR count). The molecule has 0 fully saturated rings. The molecule has 1 atom stereocenters. The van der Waals surface area contributed by atoms with Gasteiger partial charge in [0, 0.05) is 12.4 Å². The molecule has 0 bridgehead atoms. The van der Waals surface area contributed by atoms with Gasteiger partial charge in [-0.2, -0.15) is 5.10 Å². The molecule has 0 saturated heterocycles. The first-order chi connectivity index (χ1) is 9.28. The van der Waals surface area contributed by atoms with Gasteiger partial charge < -0.3 is 10.4 Å². The molecular formula is C13H17N3O3S. The molecule has 0 aliphatic heterocycles. The zero-order chi connectivity index (χ0) is 15.1. The van der Waals surface area contributed by atoms with E-state index < -0.39 is 11.5 Å². The van der Waals surface area contributed by atoms with Gasteiger partial charge in [-0.15, -0.1) is 11.3 Å². The summed E-state index contributed by atoms with van der Waals surface area (Å²) in [6, 6.07) is 1.76. The van der Waals surface area contributed by atoms with Crippen LogP contribution in [0.5, 0.6) is 0 Å². The van der Waals surface area contributed by atoms with Crippen molar-refractivity contribution < 1.29 is 14.7 Å². The van der Waals surface area contributed by atoms with Crippen molar-refractivity contribution in [3.05, 3.63) is 16.6 Å². The van der Waals surface area contributed by atoms with Crippen LogP contribution in [0.15, 0.2) is 6.07 Å². The number of carboxylic acid groups (broad SMARTS) is 1. The lowest BCUT2D eigenvalue weighted by molar-refractivity contribution is -0.143. The first-order valence-electron chi connectivity index (χ1n) is 6.27. The number of fused-ring (bicyclic) bond motifs is 1. The van der Waals surface area contributed by atoms with Crippen LogP contribution in [-0.2, 0) is 11.8 Å². The number of carbonyl (C=O) groups is 2. The van der Waals surface area contributed by atoms with Crippen molar-refractivity contribution in [2.75, 3.05) is 0 Å². The van der Waals surface area contributed by atoms with Gasteiger partial charge in [-0.1, -0.05) is 6.92 Å². The third-order valence-corrected chi connectivity index (χ3v) is 4.69. The lowest BCUT2D eigenvalue weighted by Crippen LogP contribution is -2.51. The molecule has 0 aliphatic carbocycles. The number of thiophene rings is 1. The van der Waals surface area contributed by atoms with Gasteiger partial charge in [-0.05, 0) is 26.3 Å². The van der Waals surface area contributed by atoms with Gasteiger partial charge in [-0.3, -0.25) is 9.48 Å². The summed E-state index contributed by atoms with van der Waals surface area (Å²) in [5, 5.41) is 17.0. The van der Waals surface area contributed by atoms with Gasteiger partial charge in [0.05, 0.1) is 10.6 Å². The van der Waals surface area contributed by atoms with Gasteiger partial charge in [0.2, 0.25) is 0 Å². The molecule has 7 heteroatoms. The average molecular weight is 295 g/mol. The lowest BCUT2D eigenvalue weighted by atomic mass is 9.99. The third kappa shape index (κ3) is 2.29. The number of nitrogens with zero attached hydrogens (tertiary/aromatic N) is 2. The molecule has 0 aromatic carbocycles. The smallest absolute Gasteiger partial charge is 0.329 e. The highest BCUT2D eigenvalue weighted by Crippen LogP contribution is 2.28. The predicted octanol–water partition coefficient (Wildman–Crippen LogP) is 1.93. The fourth-order valence-corrected chi connectivity index (χ4v) is 2.94. The summed E-state index contributed by atoms with van der Waals surface area (Å²) in [5.74, 6) is -1.40. The lowest BCUT2D eigenvalue weighted by Gasteiger charge is -2.24. The molecule has 20 heavy (non-hydrogen) atoms. The van der Waals surface area contributed by atoms with Crippen LogP contribution in [0.3, 0.4) is 0 Å². The van der Waals surface area contributed by atoms with Crippen molar-refractivity contribution in [1.29, 1.82) is 0 Å². The highest BCUT2D eigenvalue weighted by Gasteiger charge is 2.33. The maximum Gasteiger partial charge on any atom is 0.329 e. The van der Waals surface area contributed by atoms with Crippen LogP contribution in [0, 0.1) is 6.92 Å². The van der Waals surface area contributed by atoms with E-state index in [-0.39, 0.29) is 5.91 Å². The maximum absolute atomic E-state index is 12.2. The minimum Gasteiger partial charge on any atom is -0.480 e. The largest absolute Gasteiger partial charge is 0.480 e. The van der Waals surface area contributed by atoms with Crippen molar-refractivity contribution in [2.45, 2.75) is 32.7 Å². The number of aryl methyl sites for hydroxylation is 2. The third-order valence-electron chi connectivity index (χ3n) is 3.49. The normalized spacial score (nSPS) is 14.2. The number of hydrogen-bond donors (Lipinski definition) is 2. The standard InChI is InChI=1S/C13H17N3O3S/c1-5-13(3,12(18)19)14-10(17)9-6-8-7(2)15-16(4)11(8)20-9/h6H,5H2,1-4H3,(H,14,17)(H,18,19). The van der Waals surface area contributed by atoms with Gasteiger partial charge in [-0.25, -0.2) is 4.79 Å². The fraction of sp³-hybridized carbons (Fsp3) is 0.462. The molecule has 2 aromatic rings. The molecule has 1 amide bonds. The quantitative estimate of drug-likeness (QED) is 0.902. The summed E-state index contributed by atoms with van der Waals surface area (Å²) in [7, 11) is 1.82. The van der Waals surface area contributed by atoms with Crippen molar-refractivity contribution in [3.8, 4) is 0 Å². The van der Waals surface area contributed by atoms with Gasteiger partial charge in [0.15, 0.2) is 0 Å². The SMILES string of the molecule is CCC(C)(NC(=O)c1cc2c(C)nn(C)c2s1)C(=O)O. The molecular weight excluding hydrogens is 278 g/mol. The van der Waals surface area contributed by atoms with Crippen LogP contribution < -0.4 is 5.32 Å². The Morgan fingerprint density at radius 3 is 2.70 bits per heavy atom. The van der Waals surface area contributed by atoms with E-state index in [1.165, 1.54) is 18.3 Å². The maximum atomic E-state index is 12.2. The molecule has 0 saturated carbocycles. The number of aromatic nitrogens is 2. The number of nitrogens with one attached hydrogen (secondary N) is 1. The summed E-state index contributed by atoms with van der Waals surface area (Å²) in [6.45, 7) is 5.12. The van der Waals surface area contributed by atoms with Crippen LogP contribution in [0.4, 0.5) is 0 Å². The van der Waals surface area contributed by atoms with E-state index in [9.17, 15) is 14.7 Å². The Kier molecular flexibility index (Phi) is 3.56. The average Bonchev–Trinajstić information content (AvgIpc) is 2.92. The van der Waals surface area contributed by atoms with Crippen LogP contribution >= 0.6 is 11.3 Å². The molecule has 108 valence electrons. The Labute approximate surface area is 120 Å². The van der Waals surface area contributed by atoms with E-state index in [0.717, 1.165) is 15.9 Å². The zero-order valence-electron chi connectivity index (χ0n) is 11.9. The van der Waals surface area contributed by atoms with Crippen LogP contribution in [0.25, 0.3) is 10.2 Å². The van der Waals surface area contributed by atoms with Crippen molar-refractivity contribution in [1.82, 2.24) is 15.1 Å². The summed E-state index contributed by atoms with van der Waals surface area (Å²) in [5.41, 5.74) is -0.394. The zero-order valence-corrected chi connectivity index (χ0v) is 12.7. The highest BCUT2D eigenvalue weighted by atomic mass is 32.1. The van der Waals surface area contributed by atoms with E-state index in [0.29, 0.717) is 11.3 Å². The summed E-state index contributed by atoms with van der Waals surface area (Å²) >= 11 is 1.31. The minimum atomic E-state index is -1.25. The molecule has 2 N–H and O–H groups in total. The summed E-state index contributed by atoms with van der Waals surface area (Å²) in [6.07, 6.45) is 0.319. The number of aliphatic carboxylic acids is 1. The van der Waals surface area contributed by atoms with Gasteiger partial charge in [0.1, 0.15) is 10.4 Å². The van der Waals surface area contributed by atoms with Gasteiger partial charge >= 0.3 is 5.97 Å². The van der Waals surface area contributed by atoms with E-state index >= 15 is 0 Å². The Balaban J connectivity index is 2.32. The number of amides is 1. The molecule has 0 radical (unpaired) electrons. The van der Waals surface area contributed by atoms with Crippen LogP contribution in [0.1, 0.15) is 35.6 Å².